The van der Waals surface area contributed by atoms with Crippen molar-refractivity contribution in [3.8, 4) is 0 Å². The number of ether oxygens (including phenoxy) is 1. The number of nitrogens with one attached hydrogen (secondary N) is 1. The van der Waals surface area contributed by atoms with E-state index in [0.29, 0.717) is 24.3 Å². The van der Waals surface area contributed by atoms with Gasteiger partial charge in [-0.15, -0.1) is 0 Å². The Morgan fingerprint density at radius 2 is 2.11 bits per heavy atom. The highest BCUT2D eigenvalue weighted by Crippen LogP contribution is 2.20. The fraction of sp³-hybridized carbons (Fsp3) is 0.571. The van der Waals surface area contributed by atoms with E-state index in [0.717, 1.165) is 12.1 Å². The fourth-order valence-electron chi connectivity index (χ4n) is 2.25. The topological polar surface area (TPSA) is 21.3 Å². The predicted molar refractivity (Wildman–Crippen MR) is 71.3 cm³/mol. The molecule has 2 nitrogen and oxygen atoms in total. The maximum atomic E-state index is 13.0. The molecule has 4 heteroatoms. The lowest BCUT2D eigenvalue weighted by Crippen LogP contribution is -2.22. The molecule has 2 rings (SSSR count). The summed E-state index contributed by atoms with van der Waals surface area (Å²) in [4.78, 5) is 0. The van der Waals surface area contributed by atoms with Crippen LogP contribution in [0, 0.1) is 5.82 Å². The first kappa shape index (κ1) is 13.8. The van der Waals surface area contributed by atoms with Crippen molar-refractivity contribution in [2.75, 3.05) is 13.2 Å². The minimum atomic E-state index is -0.251. The maximum Gasteiger partial charge on any atom is 0.123 e. The molecular weight excluding hydrogens is 253 g/mol. The van der Waals surface area contributed by atoms with Gasteiger partial charge in [-0.1, -0.05) is 24.4 Å². The zero-order valence-electron chi connectivity index (χ0n) is 10.4. The lowest BCUT2D eigenvalue weighted by atomic mass is 10.2. The standard InChI is InChI=1S/C14H19ClFNO/c15-14-6-5-12(16)9-11(14)10-17-7-8-18-13-3-1-2-4-13/h5-6,9,13,17H,1-4,7-8,10H2. The van der Waals surface area contributed by atoms with Crippen LogP contribution in [0.5, 0.6) is 0 Å². The summed E-state index contributed by atoms with van der Waals surface area (Å²) in [6, 6.07) is 4.42. The molecule has 1 fully saturated rings. The second-order valence-electron chi connectivity index (χ2n) is 4.69. The lowest BCUT2D eigenvalue weighted by Gasteiger charge is -2.11. The number of rotatable bonds is 6. The molecule has 1 saturated carbocycles. The fourth-order valence-corrected chi connectivity index (χ4v) is 2.44. The molecule has 1 aromatic rings. The monoisotopic (exact) mass is 271 g/mol. The Labute approximate surface area is 112 Å². The van der Waals surface area contributed by atoms with Crippen molar-refractivity contribution in [2.24, 2.45) is 0 Å². The van der Waals surface area contributed by atoms with E-state index in [2.05, 4.69) is 5.32 Å². The molecule has 0 heterocycles. The van der Waals surface area contributed by atoms with E-state index in [9.17, 15) is 4.39 Å². The Morgan fingerprint density at radius 1 is 1.33 bits per heavy atom. The first-order valence-electron chi connectivity index (χ1n) is 6.52. The van der Waals surface area contributed by atoms with Gasteiger partial charge < -0.3 is 10.1 Å². The van der Waals surface area contributed by atoms with Crippen molar-refractivity contribution in [3.63, 3.8) is 0 Å². The molecule has 18 heavy (non-hydrogen) atoms. The van der Waals surface area contributed by atoms with Crippen molar-refractivity contribution in [1.29, 1.82) is 0 Å². The number of benzene rings is 1. The third kappa shape index (κ3) is 4.23. The molecule has 0 saturated heterocycles. The van der Waals surface area contributed by atoms with Crippen LogP contribution in [-0.4, -0.2) is 19.3 Å². The molecule has 0 bridgehead atoms. The Bertz CT molecular complexity index is 380. The van der Waals surface area contributed by atoms with E-state index in [-0.39, 0.29) is 5.82 Å². The van der Waals surface area contributed by atoms with Crippen LogP contribution in [0.25, 0.3) is 0 Å². The molecule has 0 radical (unpaired) electrons. The van der Waals surface area contributed by atoms with Gasteiger partial charge in [0.05, 0.1) is 12.7 Å². The van der Waals surface area contributed by atoms with Gasteiger partial charge in [0.25, 0.3) is 0 Å². The Kier molecular flexibility index (Phi) is 5.42. The van der Waals surface area contributed by atoms with Crippen LogP contribution < -0.4 is 5.32 Å². The molecule has 100 valence electrons. The molecule has 1 aromatic carbocycles. The Morgan fingerprint density at radius 3 is 2.89 bits per heavy atom. The van der Waals surface area contributed by atoms with Gasteiger partial charge in [-0.05, 0) is 36.6 Å². The van der Waals surface area contributed by atoms with Crippen LogP contribution in [0.2, 0.25) is 5.02 Å². The van der Waals surface area contributed by atoms with E-state index < -0.39 is 0 Å². The summed E-state index contributed by atoms with van der Waals surface area (Å²) in [5, 5.41) is 3.82. The summed E-state index contributed by atoms with van der Waals surface area (Å²) < 4.78 is 18.7. The molecule has 0 atom stereocenters. The number of hydrogen-bond donors (Lipinski definition) is 1. The van der Waals surface area contributed by atoms with Crippen LogP contribution in [0.1, 0.15) is 31.2 Å². The summed E-state index contributed by atoms with van der Waals surface area (Å²) in [5.74, 6) is -0.251. The molecule has 1 aliphatic rings. The average Bonchev–Trinajstić information content (AvgIpc) is 2.86. The van der Waals surface area contributed by atoms with Crippen molar-refractivity contribution >= 4 is 11.6 Å². The molecule has 0 spiro atoms. The largest absolute Gasteiger partial charge is 0.377 e. The minimum Gasteiger partial charge on any atom is -0.377 e. The zero-order valence-corrected chi connectivity index (χ0v) is 11.2. The lowest BCUT2D eigenvalue weighted by molar-refractivity contribution is 0.0603. The number of hydrogen-bond acceptors (Lipinski definition) is 2. The predicted octanol–water partition coefficient (Wildman–Crippen LogP) is 3.53. The molecule has 0 unspecified atom stereocenters. The normalized spacial score (nSPS) is 16.3. The van der Waals surface area contributed by atoms with Crippen LogP contribution in [0.15, 0.2) is 18.2 Å². The van der Waals surface area contributed by atoms with Crippen LogP contribution in [0.3, 0.4) is 0 Å². The summed E-state index contributed by atoms with van der Waals surface area (Å²) >= 11 is 5.97. The zero-order chi connectivity index (χ0) is 12.8. The summed E-state index contributed by atoms with van der Waals surface area (Å²) in [6.07, 6.45) is 5.41. The summed E-state index contributed by atoms with van der Waals surface area (Å²) in [7, 11) is 0. The van der Waals surface area contributed by atoms with Crippen LogP contribution >= 0.6 is 11.6 Å². The Balaban J connectivity index is 1.64. The highest BCUT2D eigenvalue weighted by molar-refractivity contribution is 6.31. The Hall–Kier alpha value is -0.640. The molecule has 1 N–H and O–H groups in total. The van der Waals surface area contributed by atoms with E-state index in [4.69, 9.17) is 16.3 Å². The smallest absolute Gasteiger partial charge is 0.123 e. The van der Waals surface area contributed by atoms with Gasteiger partial charge >= 0.3 is 0 Å². The van der Waals surface area contributed by atoms with Gasteiger partial charge in [0.2, 0.25) is 0 Å². The van der Waals surface area contributed by atoms with Crippen molar-refractivity contribution in [1.82, 2.24) is 5.32 Å². The van der Waals surface area contributed by atoms with Gasteiger partial charge in [0.15, 0.2) is 0 Å². The third-order valence-corrected chi connectivity index (χ3v) is 3.63. The average molecular weight is 272 g/mol. The first-order valence-corrected chi connectivity index (χ1v) is 6.90. The SMILES string of the molecule is Fc1ccc(Cl)c(CNCCOC2CCCC2)c1. The van der Waals surface area contributed by atoms with E-state index in [1.54, 1.807) is 6.07 Å². The van der Waals surface area contributed by atoms with Gasteiger partial charge in [0.1, 0.15) is 5.82 Å². The molecular formula is C14H19ClFNO. The molecule has 0 aliphatic heterocycles. The van der Waals surface area contributed by atoms with Gasteiger partial charge in [-0.2, -0.15) is 0 Å². The minimum absolute atomic E-state index is 0.251. The van der Waals surface area contributed by atoms with Crippen LogP contribution in [-0.2, 0) is 11.3 Å². The summed E-state index contributed by atoms with van der Waals surface area (Å²) in [6.45, 7) is 2.05. The van der Waals surface area contributed by atoms with Gasteiger partial charge in [0, 0.05) is 18.1 Å². The third-order valence-electron chi connectivity index (χ3n) is 3.26. The quantitative estimate of drug-likeness (QED) is 0.799. The molecule has 1 aliphatic carbocycles. The highest BCUT2D eigenvalue weighted by atomic mass is 35.5. The summed E-state index contributed by atoms with van der Waals surface area (Å²) in [5.41, 5.74) is 0.789. The van der Waals surface area contributed by atoms with E-state index >= 15 is 0 Å². The second-order valence-corrected chi connectivity index (χ2v) is 5.10. The molecule has 0 aromatic heterocycles. The van der Waals surface area contributed by atoms with Gasteiger partial charge in [-0.25, -0.2) is 4.39 Å². The second kappa shape index (κ2) is 7.07. The van der Waals surface area contributed by atoms with Crippen LogP contribution in [0.4, 0.5) is 4.39 Å². The van der Waals surface area contributed by atoms with Gasteiger partial charge in [-0.3, -0.25) is 0 Å². The van der Waals surface area contributed by atoms with Crippen molar-refractivity contribution in [2.45, 2.75) is 38.3 Å². The number of halogens is 2. The van der Waals surface area contributed by atoms with E-state index in [1.807, 2.05) is 0 Å². The van der Waals surface area contributed by atoms with Crippen molar-refractivity contribution in [3.05, 3.63) is 34.6 Å². The molecule has 0 amide bonds. The van der Waals surface area contributed by atoms with Crippen molar-refractivity contribution < 1.29 is 9.13 Å². The first-order chi connectivity index (χ1) is 8.75. The maximum absolute atomic E-state index is 13.0. The highest BCUT2D eigenvalue weighted by Gasteiger charge is 2.14. The van der Waals surface area contributed by atoms with E-state index in [1.165, 1.54) is 37.8 Å².